The number of aryl methyl sites for hydroxylation is 2. The Hall–Kier alpha value is -1.02. The van der Waals surface area contributed by atoms with E-state index in [0.717, 1.165) is 23.6 Å². The van der Waals surface area contributed by atoms with Crippen LogP contribution in [-0.4, -0.2) is 6.54 Å². The molecular formula is C18H21Cl2N. The normalized spacial score (nSPS) is 12.4. The molecule has 1 unspecified atom stereocenters. The standard InChI is InChI=1S/C18H21Cl2N/c1-4-21-18(16-8-7-15(19)11-17(16)20)10-14-6-5-12(2)13(3)9-14/h5-9,11,18,21H,4,10H2,1-3H3. The van der Waals surface area contributed by atoms with Crippen molar-refractivity contribution in [1.29, 1.82) is 0 Å². The van der Waals surface area contributed by atoms with Gasteiger partial charge in [0.1, 0.15) is 0 Å². The number of hydrogen-bond acceptors (Lipinski definition) is 1. The molecule has 0 saturated heterocycles. The molecule has 1 N–H and O–H groups in total. The highest BCUT2D eigenvalue weighted by molar-refractivity contribution is 6.35. The predicted molar refractivity (Wildman–Crippen MR) is 92.5 cm³/mol. The van der Waals surface area contributed by atoms with Crippen molar-refractivity contribution in [2.75, 3.05) is 6.54 Å². The summed E-state index contributed by atoms with van der Waals surface area (Å²) < 4.78 is 0. The molecule has 0 aliphatic rings. The minimum absolute atomic E-state index is 0.196. The Morgan fingerprint density at radius 3 is 2.38 bits per heavy atom. The first-order chi connectivity index (χ1) is 10.0. The van der Waals surface area contributed by atoms with Gasteiger partial charge in [0.05, 0.1) is 0 Å². The molecule has 2 aromatic carbocycles. The molecule has 0 amide bonds. The number of benzene rings is 2. The molecule has 2 rings (SSSR count). The maximum atomic E-state index is 6.36. The van der Waals surface area contributed by atoms with Crippen molar-refractivity contribution in [3.05, 3.63) is 68.7 Å². The molecule has 0 aliphatic carbocycles. The number of halogens is 2. The van der Waals surface area contributed by atoms with Crippen LogP contribution in [0.2, 0.25) is 10.0 Å². The van der Waals surface area contributed by atoms with Crippen LogP contribution in [0, 0.1) is 13.8 Å². The van der Waals surface area contributed by atoms with Gasteiger partial charge in [-0.05, 0) is 61.2 Å². The molecule has 0 saturated carbocycles. The molecule has 0 spiro atoms. The second-order valence-corrected chi connectivity index (χ2v) is 6.24. The zero-order valence-corrected chi connectivity index (χ0v) is 14.2. The van der Waals surface area contributed by atoms with Crippen molar-refractivity contribution < 1.29 is 0 Å². The lowest BCUT2D eigenvalue weighted by Crippen LogP contribution is -2.23. The molecule has 112 valence electrons. The first-order valence-electron chi connectivity index (χ1n) is 7.25. The number of nitrogens with one attached hydrogen (secondary N) is 1. The Balaban J connectivity index is 2.28. The summed E-state index contributed by atoms with van der Waals surface area (Å²) in [6, 6.07) is 12.5. The minimum atomic E-state index is 0.196. The van der Waals surface area contributed by atoms with Gasteiger partial charge in [-0.3, -0.25) is 0 Å². The fraction of sp³-hybridized carbons (Fsp3) is 0.333. The molecule has 0 heterocycles. The van der Waals surface area contributed by atoms with Gasteiger partial charge in [0.15, 0.2) is 0 Å². The smallest absolute Gasteiger partial charge is 0.0468 e. The van der Waals surface area contributed by atoms with E-state index >= 15 is 0 Å². The number of rotatable bonds is 5. The monoisotopic (exact) mass is 321 g/mol. The van der Waals surface area contributed by atoms with E-state index in [9.17, 15) is 0 Å². The molecule has 0 fully saturated rings. The van der Waals surface area contributed by atoms with Crippen molar-refractivity contribution >= 4 is 23.2 Å². The molecule has 2 aromatic rings. The first kappa shape index (κ1) is 16.4. The largest absolute Gasteiger partial charge is 0.310 e. The van der Waals surface area contributed by atoms with E-state index in [1.54, 1.807) is 0 Å². The van der Waals surface area contributed by atoms with Gasteiger partial charge in [-0.15, -0.1) is 0 Å². The summed E-state index contributed by atoms with van der Waals surface area (Å²) in [4.78, 5) is 0. The molecule has 0 bridgehead atoms. The summed E-state index contributed by atoms with van der Waals surface area (Å²) in [6.07, 6.45) is 0.913. The third kappa shape index (κ3) is 4.23. The fourth-order valence-electron chi connectivity index (χ4n) is 2.49. The quantitative estimate of drug-likeness (QED) is 0.766. The maximum absolute atomic E-state index is 6.36. The predicted octanol–water partition coefficient (Wildman–Crippen LogP) is 5.50. The van der Waals surface area contributed by atoms with E-state index in [1.165, 1.54) is 16.7 Å². The Bertz CT molecular complexity index is 623. The summed E-state index contributed by atoms with van der Waals surface area (Å²) in [7, 11) is 0. The van der Waals surface area contributed by atoms with Gasteiger partial charge in [-0.2, -0.15) is 0 Å². The lowest BCUT2D eigenvalue weighted by Gasteiger charge is -2.20. The number of hydrogen-bond donors (Lipinski definition) is 1. The first-order valence-corrected chi connectivity index (χ1v) is 8.01. The third-order valence-corrected chi connectivity index (χ3v) is 4.36. The zero-order valence-electron chi connectivity index (χ0n) is 12.7. The average molecular weight is 322 g/mol. The van der Waals surface area contributed by atoms with Crippen LogP contribution >= 0.6 is 23.2 Å². The van der Waals surface area contributed by atoms with Crippen molar-refractivity contribution in [3.8, 4) is 0 Å². The molecule has 0 radical (unpaired) electrons. The van der Waals surface area contributed by atoms with Crippen LogP contribution in [0.3, 0.4) is 0 Å². The van der Waals surface area contributed by atoms with Crippen LogP contribution in [0.1, 0.15) is 35.2 Å². The molecular weight excluding hydrogens is 301 g/mol. The number of likely N-dealkylation sites (N-methyl/N-ethyl adjacent to an activating group) is 1. The molecule has 0 aromatic heterocycles. The van der Waals surface area contributed by atoms with E-state index in [0.29, 0.717) is 5.02 Å². The summed E-state index contributed by atoms with van der Waals surface area (Å²) in [5.41, 5.74) is 5.06. The topological polar surface area (TPSA) is 12.0 Å². The molecule has 0 aliphatic heterocycles. The summed E-state index contributed by atoms with van der Waals surface area (Å²) in [5.74, 6) is 0. The lowest BCUT2D eigenvalue weighted by molar-refractivity contribution is 0.550. The van der Waals surface area contributed by atoms with Gasteiger partial charge in [0.25, 0.3) is 0 Å². The molecule has 1 nitrogen and oxygen atoms in total. The van der Waals surface area contributed by atoms with Gasteiger partial charge in [0.2, 0.25) is 0 Å². The highest BCUT2D eigenvalue weighted by Crippen LogP contribution is 2.28. The highest BCUT2D eigenvalue weighted by atomic mass is 35.5. The van der Waals surface area contributed by atoms with Crippen LogP contribution < -0.4 is 5.32 Å². The SMILES string of the molecule is CCNC(Cc1ccc(C)c(C)c1)c1ccc(Cl)cc1Cl. The minimum Gasteiger partial charge on any atom is -0.310 e. The van der Waals surface area contributed by atoms with Crippen LogP contribution in [0.15, 0.2) is 36.4 Å². The van der Waals surface area contributed by atoms with E-state index < -0.39 is 0 Å². The van der Waals surface area contributed by atoms with Crippen molar-refractivity contribution in [2.24, 2.45) is 0 Å². The van der Waals surface area contributed by atoms with Gasteiger partial charge in [0, 0.05) is 16.1 Å². The van der Waals surface area contributed by atoms with E-state index in [1.807, 2.05) is 18.2 Å². The van der Waals surface area contributed by atoms with E-state index in [2.05, 4.69) is 44.3 Å². The summed E-state index contributed by atoms with van der Waals surface area (Å²) >= 11 is 12.4. The Morgan fingerprint density at radius 1 is 1.00 bits per heavy atom. The Labute approximate surface area is 137 Å². The Morgan fingerprint density at radius 2 is 1.76 bits per heavy atom. The summed E-state index contributed by atoms with van der Waals surface area (Å²) in [5, 5.41) is 4.91. The third-order valence-electron chi connectivity index (χ3n) is 3.80. The molecule has 21 heavy (non-hydrogen) atoms. The van der Waals surface area contributed by atoms with Crippen LogP contribution in [0.5, 0.6) is 0 Å². The lowest BCUT2D eigenvalue weighted by atomic mass is 9.96. The van der Waals surface area contributed by atoms with E-state index in [-0.39, 0.29) is 6.04 Å². The van der Waals surface area contributed by atoms with Crippen LogP contribution in [-0.2, 0) is 6.42 Å². The van der Waals surface area contributed by atoms with Gasteiger partial charge >= 0.3 is 0 Å². The van der Waals surface area contributed by atoms with Crippen LogP contribution in [0.25, 0.3) is 0 Å². The Kier molecular flexibility index (Phi) is 5.69. The average Bonchev–Trinajstić information content (AvgIpc) is 2.42. The van der Waals surface area contributed by atoms with Crippen molar-refractivity contribution in [3.63, 3.8) is 0 Å². The van der Waals surface area contributed by atoms with Gasteiger partial charge in [-0.1, -0.05) is 54.4 Å². The van der Waals surface area contributed by atoms with E-state index in [4.69, 9.17) is 23.2 Å². The highest BCUT2D eigenvalue weighted by Gasteiger charge is 2.15. The molecule has 3 heteroatoms. The van der Waals surface area contributed by atoms with Crippen molar-refractivity contribution in [1.82, 2.24) is 5.32 Å². The molecule has 1 atom stereocenters. The zero-order chi connectivity index (χ0) is 15.4. The van der Waals surface area contributed by atoms with Gasteiger partial charge < -0.3 is 5.32 Å². The second kappa shape index (κ2) is 7.31. The van der Waals surface area contributed by atoms with Gasteiger partial charge in [-0.25, -0.2) is 0 Å². The summed E-state index contributed by atoms with van der Waals surface area (Å²) in [6.45, 7) is 7.29. The maximum Gasteiger partial charge on any atom is 0.0468 e. The van der Waals surface area contributed by atoms with Crippen molar-refractivity contribution in [2.45, 2.75) is 33.2 Å². The fourth-order valence-corrected chi connectivity index (χ4v) is 3.03. The van der Waals surface area contributed by atoms with Crippen LogP contribution in [0.4, 0.5) is 0 Å². The second-order valence-electron chi connectivity index (χ2n) is 5.40.